The molecule has 0 unspecified atom stereocenters. The number of thiazole rings is 1. The van der Waals surface area contributed by atoms with E-state index in [0.717, 1.165) is 35.5 Å². The van der Waals surface area contributed by atoms with E-state index in [1.807, 2.05) is 13.8 Å². The van der Waals surface area contributed by atoms with Crippen LogP contribution >= 0.6 is 11.3 Å². The highest BCUT2D eigenvalue weighted by Crippen LogP contribution is 2.38. The van der Waals surface area contributed by atoms with Crippen LogP contribution in [0, 0.1) is 6.92 Å². The normalized spacial score (nSPS) is 13.9. The Kier molecular flexibility index (Phi) is 2.86. The van der Waals surface area contributed by atoms with Crippen molar-refractivity contribution in [2.45, 2.75) is 26.7 Å². The number of nitrogens with zero attached hydrogens (tertiary/aromatic N) is 1. The van der Waals surface area contributed by atoms with Gasteiger partial charge in [0, 0.05) is 4.88 Å². The summed E-state index contributed by atoms with van der Waals surface area (Å²) in [6.45, 7) is 4.58. The first kappa shape index (κ1) is 10.4. The molecule has 1 fully saturated rings. The predicted octanol–water partition coefficient (Wildman–Crippen LogP) is 2.81. The third-order valence-electron chi connectivity index (χ3n) is 2.24. The van der Waals surface area contributed by atoms with Crippen molar-refractivity contribution in [2.24, 2.45) is 0 Å². The fourth-order valence-electron chi connectivity index (χ4n) is 1.45. The second kappa shape index (κ2) is 4.14. The summed E-state index contributed by atoms with van der Waals surface area (Å²) in [7, 11) is 0. The molecule has 0 saturated heterocycles. The molecule has 0 bridgehead atoms. The molecule has 1 aromatic heterocycles. The van der Waals surface area contributed by atoms with Crippen LogP contribution in [0.1, 0.15) is 40.1 Å². The molecule has 1 aliphatic rings. The van der Waals surface area contributed by atoms with Gasteiger partial charge in [-0.2, -0.15) is 0 Å². The number of carbonyl (C=O) groups is 1. The van der Waals surface area contributed by atoms with Gasteiger partial charge in [-0.25, -0.2) is 4.98 Å². The fourth-order valence-corrected chi connectivity index (χ4v) is 2.18. The lowest BCUT2D eigenvalue weighted by molar-refractivity contribution is 0.112. The van der Waals surface area contributed by atoms with Crippen LogP contribution in [0.15, 0.2) is 5.57 Å². The SMILES string of the molecule is CCOC(=C1CC1)c1nc(C=O)sc1C. The standard InChI is InChI=1S/C11H13NO2S/c1-3-14-11(8-4-5-8)10-7(2)15-9(6-13)12-10/h6H,3-5H2,1-2H3. The van der Waals surface area contributed by atoms with Crippen molar-refractivity contribution in [3.05, 3.63) is 21.2 Å². The summed E-state index contributed by atoms with van der Waals surface area (Å²) in [4.78, 5) is 16.0. The minimum atomic E-state index is 0.529. The van der Waals surface area contributed by atoms with Crippen molar-refractivity contribution in [3.8, 4) is 0 Å². The molecule has 0 aromatic carbocycles. The molecule has 0 atom stereocenters. The zero-order valence-corrected chi connectivity index (χ0v) is 9.69. The number of ether oxygens (including phenoxy) is 1. The molecule has 1 aliphatic carbocycles. The van der Waals surface area contributed by atoms with E-state index in [-0.39, 0.29) is 0 Å². The first-order valence-electron chi connectivity index (χ1n) is 5.04. The molecule has 1 saturated carbocycles. The predicted molar refractivity (Wildman–Crippen MR) is 60.0 cm³/mol. The van der Waals surface area contributed by atoms with E-state index in [0.29, 0.717) is 11.6 Å². The second-order valence-corrected chi connectivity index (χ2v) is 4.68. The van der Waals surface area contributed by atoms with Crippen LogP contribution in [0.3, 0.4) is 0 Å². The molecule has 1 aromatic rings. The number of aromatic nitrogens is 1. The maximum absolute atomic E-state index is 10.6. The third kappa shape index (κ3) is 2.09. The van der Waals surface area contributed by atoms with Gasteiger partial charge in [-0.1, -0.05) is 0 Å². The lowest BCUT2D eigenvalue weighted by atomic mass is 10.3. The highest BCUT2D eigenvalue weighted by Gasteiger charge is 2.23. The fraction of sp³-hybridized carbons (Fsp3) is 0.455. The van der Waals surface area contributed by atoms with E-state index in [4.69, 9.17) is 4.74 Å². The molecule has 0 aliphatic heterocycles. The first-order valence-corrected chi connectivity index (χ1v) is 5.85. The van der Waals surface area contributed by atoms with Gasteiger partial charge in [0.15, 0.2) is 11.3 Å². The number of carbonyl (C=O) groups excluding carboxylic acids is 1. The van der Waals surface area contributed by atoms with Gasteiger partial charge in [0.25, 0.3) is 0 Å². The summed E-state index contributed by atoms with van der Waals surface area (Å²) in [5, 5.41) is 0.529. The zero-order chi connectivity index (χ0) is 10.8. The van der Waals surface area contributed by atoms with Crippen molar-refractivity contribution in [3.63, 3.8) is 0 Å². The van der Waals surface area contributed by atoms with Gasteiger partial charge in [0.1, 0.15) is 11.5 Å². The minimum Gasteiger partial charge on any atom is -0.492 e. The van der Waals surface area contributed by atoms with Crippen LogP contribution in [-0.2, 0) is 4.74 Å². The smallest absolute Gasteiger partial charge is 0.178 e. The second-order valence-electron chi connectivity index (χ2n) is 3.44. The number of aryl methyl sites for hydroxylation is 1. The number of rotatable bonds is 4. The van der Waals surface area contributed by atoms with Crippen molar-refractivity contribution in [1.82, 2.24) is 4.98 Å². The molecular formula is C11H13NO2S. The Morgan fingerprint density at radius 1 is 1.60 bits per heavy atom. The van der Waals surface area contributed by atoms with Gasteiger partial charge in [-0.3, -0.25) is 4.79 Å². The molecule has 4 heteroatoms. The van der Waals surface area contributed by atoms with Crippen LogP contribution in [-0.4, -0.2) is 17.9 Å². The Morgan fingerprint density at radius 2 is 2.33 bits per heavy atom. The van der Waals surface area contributed by atoms with Crippen molar-refractivity contribution >= 4 is 23.4 Å². The van der Waals surface area contributed by atoms with Gasteiger partial charge >= 0.3 is 0 Å². The summed E-state index contributed by atoms with van der Waals surface area (Å²) in [5.41, 5.74) is 2.18. The quantitative estimate of drug-likeness (QED) is 0.582. The van der Waals surface area contributed by atoms with E-state index in [9.17, 15) is 4.79 Å². The maximum atomic E-state index is 10.6. The summed E-state index contributed by atoms with van der Waals surface area (Å²) >= 11 is 1.42. The van der Waals surface area contributed by atoms with Crippen LogP contribution in [0.4, 0.5) is 0 Å². The Balaban J connectivity index is 2.38. The van der Waals surface area contributed by atoms with Crippen LogP contribution in [0.2, 0.25) is 0 Å². The Morgan fingerprint density at radius 3 is 2.80 bits per heavy atom. The number of hydrogen-bond donors (Lipinski definition) is 0. The average molecular weight is 223 g/mol. The minimum absolute atomic E-state index is 0.529. The van der Waals surface area contributed by atoms with Crippen LogP contribution in [0.5, 0.6) is 0 Å². The summed E-state index contributed by atoms with van der Waals surface area (Å²) < 4.78 is 5.60. The monoisotopic (exact) mass is 223 g/mol. The van der Waals surface area contributed by atoms with E-state index in [2.05, 4.69) is 4.98 Å². The summed E-state index contributed by atoms with van der Waals surface area (Å²) in [6, 6.07) is 0. The molecular weight excluding hydrogens is 210 g/mol. The topological polar surface area (TPSA) is 39.2 Å². The Labute approximate surface area is 92.8 Å². The number of aldehydes is 1. The molecule has 15 heavy (non-hydrogen) atoms. The van der Waals surface area contributed by atoms with Gasteiger partial charge in [-0.15, -0.1) is 11.3 Å². The van der Waals surface area contributed by atoms with Gasteiger partial charge in [0.2, 0.25) is 0 Å². The lowest BCUT2D eigenvalue weighted by Gasteiger charge is -2.06. The highest BCUT2D eigenvalue weighted by molar-refractivity contribution is 7.13. The highest BCUT2D eigenvalue weighted by atomic mass is 32.1. The Hall–Kier alpha value is -1.16. The van der Waals surface area contributed by atoms with E-state index >= 15 is 0 Å². The third-order valence-corrected chi connectivity index (χ3v) is 3.14. The molecule has 1 heterocycles. The summed E-state index contributed by atoms with van der Waals surface area (Å²) in [5.74, 6) is 0.902. The van der Waals surface area contributed by atoms with E-state index in [1.165, 1.54) is 16.9 Å². The molecule has 0 radical (unpaired) electrons. The van der Waals surface area contributed by atoms with Gasteiger partial charge < -0.3 is 4.74 Å². The lowest BCUT2D eigenvalue weighted by Crippen LogP contribution is -1.94. The van der Waals surface area contributed by atoms with Gasteiger partial charge in [-0.05, 0) is 32.3 Å². The molecule has 0 spiro atoms. The molecule has 3 nitrogen and oxygen atoms in total. The van der Waals surface area contributed by atoms with Crippen LogP contribution in [0.25, 0.3) is 5.76 Å². The van der Waals surface area contributed by atoms with E-state index < -0.39 is 0 Å². The van der Waals surface area contributed by atoms with E-state index in [1.54, 1.807) is 0 Å². The zero-order valence-electron chi connectivity index (χ0n) is 8.87. The molecule has 2 rings (SSSR count). The van der Waals surface area contributed by atoms with Crippen molar-refractivity contribution in [1.29, 1.82) is 0 Å². The van der Waals surface area contributed by atoms with Crippen molar-refractivity contribution < 1.29 is 9.53 Å². The number of hydrogen-bond acceptors (Lipinski definition) is 4. The average Bonchev–Trinajstić information content (AvgIpc) is 2.99. The first-order chi connectivity index (χ1) is 7.26. The maximum Gasteiger partial charge on any atom is 0.178 e. The van der Waals surface area contributed by atoms with Crippen molar-refractivity contribution in [2.75, 3.05) is 6.61 Å². The molecule has 0 N–H and O–H groups in total. The molecule has 80 valence electrons. The molecule has 0 amide bonds. The van der Waals surface area contributed by atoms with Crippen LogP contribution < -0.4 is 0 Å². The largest absolute Gasteiger partial charge is 0.492 e. The summed E-state index contributed by atoms with van der Waals surface area (Å²) in [6.07, 6.45) is 2.99. The Bertz CT molecular complexity index is 414. The number of allylic oxidation sites excluding steroid dienone is 1. The van der Waals surface area contributed by atoms with Gasteiger partial charge in [0.05, 0.1) is 6.61 Å².